The highest BCUT2D eigenvalue weighted by Gasteiger charge is 2.22. The predicted molar refractivity (Wildman–Crippen MR) is 80.5 cm³/mol. The molecule has 106 valence electrons. The van der Waals surface area contributed by atoms with Crippen LogP contribution in [0.5, 0.6) is 5.75 Å². The molecule has 1 aromatic rings. The van der Waals surface area contributed by atoms with Crippen molar-refractivity contribution in [3.05, 3.63) is 29.8 Å². The van der Waals surface area contributed by atoms with Crippen LogP contribution >= 0.6 is 0 Å². The lowest BCUT2D eigenvalue weighted by atomic mass is 9.87. The molecule has 0 radical (unpaired) electrons. The van der Waals surface area contributed by atoms with Gasteiger partial charge in [-0.15, -0.1) is 0 Å². The summed E-state index contributed by atoms with van der Waals surface area (Å²) in [7, 11) is 0. The number of phenolic OH excluding ortho intramolecular Hbond substituents is 1. The molecule has 0 aliphatic heterocycles. The summed E-state index contributed by atoms with van der Waals surface area (Å²) in [5.74, 6) is 1.18. The summed E-state index contributed by atoms with van der Waals surface area (Å²) in [5, 5.41) is 13.3. The average Bonchev–Trinajstić information content (AvgIpc) is 2.67. The lowest BCUT2D eigenvalue weighted by Gasteiger charge is -2.27. The lowest BCUT2D eigenvalue weighted by molar-refractivity contribution is 0.321. The molecule has 0 bridgehead atoms. The van der Waals surface area contributed by atoms with E-state index >= 15 is 0 Å². The number of rotatable bonds is 5. The van der Waals surface area contributed by atoms with Crippen molar-refractivity contribution in [3.8, 4) is 5.75 Å². The van der Waals surface area contributed by atoms with Gasteiger partial charge in [0.15, 0.2) is 0 Å². The third-order valence-corrected chi connectivity index (χ3v) is 4.30. The van der Waals surface area contributed by atoms with Gasteiger partial charge in [0.25, 0.3) is 0 Å². The molecule has 2 nitrogen and oxygen atoms in total. The molecular weight excluding hydrogens is 234 g/mol. The first-order valence-electron chi connectivity index (χ1n) is 7.81. The molecular formula is C17H27NO. The first kappa shape index (κ1) is 14.4. The van der Waals surface area contributed by atoms with E-state index in [2.05, 4.69) is 18.3 Å². The first-order chi connectivity index (χ1) is 9.29. The molecule has 19 heavy (non-hydrogen) atoms. The van der Waals surface area contributed by atoms with Crippen LogP contribution in [0.1, 0.15) is 51.0 Å². The minimum Gasteiger partial charge on any atom is -0.508 e. The first-order valence-corrected chi connectivity index (χ1v) is 7.81. The summed E-state index contributed by atoms with van der Waals surface area (Å²) in [5.41, 5.74) is 1.25. The zero-order valence-corrected chi connectivity index (χ0v) is 12.1. The summed E-state index contributed by atoms with van der Waals surface area (Å²) in [6.07, 6.45) is 9.32. The molecule has 1 aromatic carbocycles. The number of aromatic hydroxyl groups is 1. The SMILES string of the molecule is CCNC(Cc1cccc(O)c1)C1CCCCCC1. The lowest BCUT2D eigenvalue weighted by Crippen LogP contribution is -2.37. The summed E-state index contributed by atoms with van der Waals surface area (Å²) in [6.45, 7) is 3.21. The van der Waals surface area contributed by atoms with E-state index in [1.165, 1.54) is 44.1 Å². The molecule has 0 heterocycles. The van der Waals surface area contributed by atoms with Crippen LogP contribution in [-0.4, -0.2) is 17.7 Å². The van der Waals surface area contributed by atoms with Crippen LogP contribution in [-0.2, 0) is 6.42 Å². The summed E-state index contributed by atoms with van der Waals surface area (Å²) in [4.78, 5) is 0. The van der Waals surface area contributed by atoms with E-state index in [0.29, 0.717) is 11.8 Å². The molecule has 2 rings (SSSR count). The van der Waals surface area contributed by atoms with Crippen molar-refractivity contribution in [3.63, 3.8) is 0 Å². The molecule has 1 aliphatic rings. The average molecular weight is 261 g/mol. The summed E-state index contributed by atoms with van der Waals surface area (Å²) < 4.78 is 0. The highest BCUT2D eigenvalue weighted by atomic mass is 16.3. The van der Waals surface area contributed by atoms with E-state index in [4.69, 9.17) is 0 Å². The van der Waals surface area contributed by atoms with Gasteiger partial charge >= 0.3 is 0 Å². The van der Waals surface area contributed by atoms with Crippen molar-refractivity contribution in [1.29, 1.82) is 0 Å². The second-order valence-electron chi connectivity index (χ2n) is 5.79. The summed E-state index contributed by atoms with van der Waals surface area (Å²) in [6, 6.07) is 8.28. The predicted octanol–water partition coefficient (Wildman–Crippen LogP) is 3.88. The molecule has 0 amide bonds. The van der Waals surface area contributed by atoms with Crippen molar-refractivity contribution in [2.75, 3.05) is 6.54 Å². The van der Waals surface area contributed by atoms with Crippen molar-refractivity contribution >= 4 is 0 Å². The van der Waals surface area contributed by atoms with Crippen LogP contribution in [0.2, 0.25) is 0 Å². The van der Waals surface area contributed by atoms with Gasteiger partial charge in [0.2, 0.25) is 0 Å². The van der Waals surface area contributed by atoms with E-state index in [9.17, 15) is 5.11 Å². The summed E-state index contributed by atoms with van der Waals surface area (Å²) >= 11 is 0. The van der Waals surface area contributed by atoms with Crippen molar-refractivity contribution in [2.45, 2.75) is 57.9 Å². The quantitative estimate of drug-likeness (QED) is 0.788. The molecule has 1 fully saturated rings. The number of hydrogen-bond donors (Lipinski definition) is 2. The molecule has 2 heteroatoms. The Morgan fingerprint density at radius 2 is 1.95 bits per heavy atom. The van der Waals surface area contributed by atoms with Gasteiger partial charge in [-0.05, 0) is 49.4 Å². The van der Waals surface area contributed by atoms with Crippen molar-refractivity contribution in [1.82, 2.24) is 5.32 Å². The Balaban J connectivity index is 2.02. The Morgan fingerprint density at radius 3 is 2.58 bits per heavy atom. The maximum absolute atomic E-state index is 9.59. The Hall–Kier alpha value is -1.02. The second-order valence-corrected chi connectivity index (χ2v) is 5.79. The van der Waals surface area contributed by atoms with E-state index in [-0.39, 0.29) is 0 Å². The minimum atomic E-state index is 0.383. The molecule has 1 saturated carbocycles. The number of likely N-dealkylation sites (N-methyl/N-ethyl adjacent to an activating group) is 1. The monoisotopic (exact) mass is 261 g/mol. The maximum atomic E-state index is 9.59. The van der Waals surface area contributed by atoms with Gasteiger partial charge in [-0.25, -0.2) is 0 Å². The van der Waals surface area contributed by atoms with Gasteiger partial charge in [0, 0.05) is 6.04 Å². The maximum Gasteiger partial charge on any atom is 0.115 e. The van der Waals surface area contributed by atoms with E-state index in [0.717, 1.165) is 18.9 Å². The largest absolute Gasteiger partial charge is 0.508 e. The third-order valence-electron chi connectivity index (χ3n) is 4.30. The molecule has 2 N–H and O–H groups in total. The van der Waals surface area contributed by atoms with Gasteiger partial charge < -0.3 is 10.4 Å². The van der Waals surface area contributed by atoms with Gasteiger partial charge in [0.05, 0.1) is 0 Å². The Kier molecular flexibility index (Phi) is 5.71. The number of benzene rings is 1. The van der Waals surface area contributed by atoms with Crippen LogP contribution in [0.15, 0.2) is 24.3 Å². The molecule has 1 atom stereocenters. The Labute approximate surface area is 117 Å². The highest BCUT2D eigenvalue weighted by molar-refractivity contribution is 5.27. The molecule has 0 saturated heterocycles. The van der Waals surface area contributed by atoms with E-state index in [1.807, 2.05) is 12.1 Å². The third kappa shape index (κ3) is 4.54. The van der Waals surface area contributed by atoms with Gasteiger partial charge in [-0.2, -0.15) is 0 Å². The van der Waals surface area contributed by atoms with Crippen LogP contribution in [0.3, 0.4) is 0 Å². The van der Waals surface area contributed by atoms with Gasteiger partial charge in [-0.3, -0.25) is 0 Å². The second kappa shape index (κ2) is 7.54. The standard InChI is InChI=1S/C17H27NO/c1-2-18-17(15-9-5-3-4-6-10-15)13-14-8-7-11-16(19)12-14/h7-8,11-12,15,17-19H,2-6,9-10,13H2,1H3. The van der Waals surface area contributed by atoms with Crippen LogP contribution in [0.25, 0.3) is 0 Å². The highest BCUT2D eigenvalue weighted by Crippen LogP contribution is 2.27. The number of nitrogens with one attached hydrogen (secondary N) is 1. The number of hydrogen-bond acceptors (Lipinski definition) is 2. The van der Waals surface area contributed by atoms with E-state index in [1.54, 1.807) is 6.07 Å². The Bertz CT molecular complexity index is 369. The molecule has 0 aromatic heterocycles. The van der Waals surface area contributed by atoms with Crippen LogP contribution in [0.4, 0.5) is 0 Å². The van der Waals surface area contributed by atoms with Crippen molar-refractivity contribution < 1.29 is 5.11 Å². The molecule has 1 aliphatic carbocycles. The fraction of sp³-hybridized carbons (Fsp3) is 0.647. The normalized spacial score (nSPS) is 19.0. The smallest absolute Gasteiger partial charge is 0.115 e. The van der Waals surface area contributed by atoms with Gasteiger partial charge in [0.1, 0.15) is 5.75 Å². The zero-order chi connectivity index (χ0) is 13.5. The van der Waals surface area contributed by atoms with Crippen molar-refractivity contribution in [2.24, 2.45) is 5.92 Å². The number of phenols is 1. The molecule has 1 unspecified atom stereocenters. The van der Waals surface area contributed by atoms with E-state index < -0.39 is 0 Å². The van der Waals surface area contributed by atoms with Gasteiger partial charge in [-0.1, -0.05) is 44.7 Å². The topological polar surface area (TPSA) is 32.3 Å². The van der Waals surface area contributed by atoms with Crippen LogP contribution in [0, 0.1) is 5.92 Å². The fourth-order valence-corrected chi connectivity index (χ4v) is 3.32. The fourth-order valence-electron chi connectivity index (χ4n) is 3.32. The molecule has 0 spiro atoms. The minimum absolute atomic E-state index is 0.383. The van der Waals surface area contributed by atoms with Crippen LogP contribution < -0.4 is 5.32 Å². The zero-order valence-electron chi connectivity index (χ0n) is 12.1. The Morgan fingerprint density at radius 1 is 1.21 bits per heavy atom.